The minimum absolute atomic E-state index is 0.375. The van der Waals surface area contributed by atoms with Gasteiger partial charge in [-0.05, 0) is 42.4 Å². The third kappa shape index (κ3) is 3.83. The minimum Gasteiger partial charge on any atom is -0.292 e. The van der Waals surface area contributed by atoms with Crippen molar-refractivity contribution >= 4 is 5.97 Å². The molecule has 0 heterocycles. The molecule has 0 N–H and O–H groups in total. The molecule has 0 amide bonds. The van der Waals surface area contributed by atoms with E-state index in [0.717, 1.165) is 25.4 Å². The summed E-state index contributed by atoms with van der Waals surface area (Å²) in [5, 5.41) is 0. The van der Waals surface area contributed by atoms with E-state index in [9.17, 15) is 4.79 Å². The van der Waals surface area contributed by atoms with Crippen molar-refractivity contribution in [1.82, 2.24) is 0 Å². The lowest BCUT2D eigenvalue weighted by atomic mass is 9.88. The number of carbonyl (C=O) groups excluding carboxylic acids is 1. The van der Waals surface area contributed by atoms with E-state index < -0.39 is 5.97 Å². The minimum atomic E-state index is -0.425. The fraction of sp³-hybridized carbons (Fsp3) is 0.529. The summed E-state index contributed by atoms with van der Waals surface area (Å²) in [5.41, 5.74) is 1.73. The Hall–Kier alpha value is -1.35. The van der Waals surface area contributed by atoms with Gasteiger partial charge in [-0.3, -0.25) is 4.89 Å². The second kappa shape index (κ2) is 6.89. The van der Waals surface area contributed by atoms with E-state index in [4.69, 9.17) is 9.78 Å². The van der Waals surface area contributed by atoms with Crippen LogP contribution in [0.4, 0.5) is 0 Å². The summed E-state index contributed by atoms with van der Waals surface area (Å²) in [5.74, 6) is 0.403. The Labute approximate surface area is 121 Å². The number of rotatable bonds is 4. The average molecular weight is 275 g/mol. The molecule has 1 atom stereocenters. The zero-order chi connectivity index (χ0) is 14.5. The van der Waals surface area contributed by atoms with Crippen LogP contribution in [0.25, 0.3) is 0 Å². The van der Waals surface area contributed by atoms with Gasteiger partial charge in [0.1, 0.15) is 0 Å². The SMILES string of the molecule is CC1CCCC[C]1OOC(=O)c1ccc(C(C)C)cc1. The van der Waals surface area contributed by atoms with Crippen molar-refractivity contribution in [1.29, 1.82) is 0 Å². The molecule has 1 fully saturated rings. The fourth-order valence-corrected chi connectivity index (χ4v) is 2.42. The van der Waals surface area contributed by atoms with E-state index in [-0.39, 0.29) is 0 Å². The third-order valence-electron chi connectivity index (χ3n) is 3.90. The molecule has 0 bridgehead atoms. The Kier molecular flexibility index (Phi) is 5.18. The van der Waals surface area contributed by atoms with E-state index in [0.29, 0.717) is 17.4 Å². The normalized spacial score (nSPS) is 20.1. The van der Waals surface area contributed by atoms with Gasteiger partial charge in [-0.25, -0.2) is 4.79 Å². The highest BCUT2D eigenvalue weighted by Gasteiger charge is 2.25. The summed E-state index contributed by atoms with van der Waals surface area (Å²) in [6.07, 6.45) is 5.22. The van der Waals surface area contributed by atoms with Crippen LogP contribution in [-0.2, 0) is 9.78 Å². The summed E-state index contributed by atoms with van der Waals surface area (Å²) < 4.78 is 0. The van der Waals surface area contributed by atoms with Gasteiger partial charge in [0.15, 0.2) is 6.10 Å². The van der Waals surface area contributed by atoms with E-state index in [1.807, 2.05) is 12.1 Å². The molecule has 0 aromatic heterocycles. The summed E-state index contributed by atoms with van der Waals surface area (Å²) in [4.78, 5) is 22.1. The topological polar surface area (TPSA) is 35.5 Å². The zero-order valence-electron chi connectivity index (χ0n) is 12.5. The molecular weight excluding hydrogens is 252 g/mol. The molecule has 3 heteroatoms. The monoisotopic (exact) mass is 275 g/mol. The second-order valence-corrected chi connectivity index (χ2v) is 5.84. The van der Waals surface area contributed by atoms with Gasteiger partial charge in [-0.1, -0.05) is 45.7 Å². The maximum absolute atomic E-state index is 11.9. The number of benzene rings is 1. The lowest BCUT2D eigenvalue weighted by molar-refractivity contribution is -0.246. The second-order valence-electron chi connectivity index (χ2n) is 5.84. The van der Waals surface area contributed by atoms with Crippen molar-refractivity contribution in [3.63, 3.8) is 0 Å². The highest BCUT2D eigenvalue weighted by molar-refractivity contribution is 5.88. The molecule has 1 unspecified atom stereocenters. The Morgan fingerprint density at radius 2 is 1.90 bits per heavy atom. The van der Waals surface area contributed by atoms with Crippen LogP contribution >= 0.6 is 0 Å². The van der Waals surface area contributed by atoms with E-state index in [2.05, 4.69) is 20.8 Å². The van der Waals surface area contributed by atoms with Gasteiger partial charge in [0.05, 0.1) is 5.56 Å². The first-order valence-electron chi connectivity index (χ1n) is 7.42. The number of carbonyl (C=O) groups is 1. The summed E-state index contributed by atoms with van der Waals surface area (Å²) in [7, 11) is 0. The fourth-order valence-electron chi connectivity index (χ4n) is 2.42. The molecule has 1 radical (unpaired) electrons. The Morgan fingerprint density at radius 1 is 1.20 bits per heavy atom. The van der Waals surface area contributed by atoms with Gasteiger partial charge in [0, 0.05) is 0 Å². The predicted octanol–water partition coefficient (Wildman–Crippen LogP) is 4.64. The molecular formula is C17H23O3. The van der Waals surface area contributed by atoms with Gasteiger partial charge < -0.3 is 0 Å². The van der Waals surface area contributed by atoms with Gasteiger partial charge in [-0.15, -0.1) is 0 Å². The summed E-state index contributed by atoms with van der Waals surface area (Å²) in [6, 6.07) is 7.49. The first kappa shape index (κ1) is 15.0. The molecule has 3 nitrogen and oxygen atoms in total. The molecule has 0 aliphatic heterocycles. The Bertz CT molecular complexity index is 436. The molecule has 1 saturated carbocycles. The highest BCUT2D eigenvalue weighted by atomic mass is 17.2. The van der Waals surface area contributed by atoms with Crippen molar-refractivity contribution in [2.24, 2.45) is 5.92 Å². The largest absolute Gasteiger partial charge is 0.373 e. The third-order valence-corrected chi connectivity index (χ3v) is 3.90. The molecule has 2 rings (SSSR count). The number of hydrogen-bond acceptors (Lipinski definition) is 3. The lowest BCUT2D eigenvalue weighted by Crippen LogP contribution is -2.19. The average Bonchev–Trinajstić information content (AvgIpc) is 2.46. The van der Waals surface area contributed by atoms with Gasteiger partial charge in [0.25, 0.3) is 0 Å². The van der Waals surface area contributed by atoms with Crippen molar-refractivity contribution in [3.8, 4) is 0 Å². The molecule has 1 aliphatic carbocycles. The molecule has 109 valence electrons. The maximum Gasteiger partial charge on any atom is 0.373 e. The Morgan fingerprint density at radius 3 is 2.50 bits per heavy atom. The van der Waals surface area contributed by atoms with E-state index in [1.165, 1.54) is 12.0 Å². The zero-order valence-corrected chi connectivity index (χ0v) is 12.5. The molecule has 1 aromatic rings. The molecule has 1 aromatic carbocycles. The first-order valence-corrected chi connectivity index (χ1v) is 7.42. The standard InChI is InChI=1S/C17H23O3/c1-12(2)14-8-10-15(11-9-14)17(18)20-19-16-7-5-4-6-13(16)3/h8-13H,4-7H2,1-3H3. The Balaban J connectivity index is 1.88. The van der Waals surface area contributed by atoms with Crippen LogP contribution in [0, 0.1) is 12.0 Å². The molecule has 0 saturated heterocycles. The van der Waals surface area contributed by atoms with Crippen LogP contribution in [0.3, 0.4) is 0 Å². The van der Waals surface area contributed by atoms with Crippen LogP contribution < -0.4 is 0 Å². The molecule has 0 spiro atoms. The number of hydrogen-bond donors (Lipinski definition) is 0. The van der Waals surface area contributed by atoms with Crippen LogP contribution in [0.1, 0.15) is 68.3 Å². The molecule has 1 aliphatic rings. The first-order chi connectivity index (χ1) is 9.58. The van der Waals surface area contributed by atoms with Gasteiger partial charge in [0.2, 0.25) is 0 Å². The highest BCUT2D eigenvalue weighted by Crippen LogP contribution is 2.32. The van der Waals surface area contributed by atoms with Crippen LogP contribution in [0.5, 0.6) is 0 Å². The predicted molar refractivity (Wildman–Crippen MR) is 77.9 cm³/mol. The van der Waals surface area contributed by atoms with E-state index in [1.54, 1.807) is 12.1 Å². The van der Waals surface area contributed by atoms with Gasteiger partial charge >= 0.3 is 5.97 Å². The van der Waals surface area contributed by atoms with Crippen molar-refractivity contribution in [3.05, 3.63) is 41.5 Å². The van der Waals surface area contributed by atoms with Gasteiger partial charge in [-0.2, -0.15) is 4.89 Å². The van der Waals surface area contributed by atoms with Crippen LogP contribution in [-0.4, -0.2) is 5.97 Å². The quantitative estimate of drug-likeness (QED) is 0.593. The van der Waals surface area contributed by atoms with Crippen LogP contribution in [0.15, 0.2) is 24.3 Å². The summed E-state index contributed by atoms with van der Waals surface area (Å²) >= 11 is 0. The lowest BCUT2D eigenvalue weighted by Gasteiger charge is -2.25. The smallest absolute Gasteiger partial charge is 0.292 e. The van der Waals surface area contributed by atoms with Crippen molar-refractivity contribution in [2.75, 3.05) is 0 Å². The van der Waals surface area contributed by atoms with Crippen LogP contribution in [0.2, 0.25) is 0 Å². The maximum atomic E-state index is 11.9. The summed E-state index contributed by atoms with van der Waals surface area (Å²) in [6.45, 7) is 6.36. The van der Waals surface area contributed by atoms with Crippen molar-refractivity contribution < 1.29 is 14.6 Å². The molecule has 20 heavy (non-hydrogen) atoms. The van der Waals surface area contributed by atoms with Crippen molar-refractivity contribution in [2.45, 2.75) is 52.4 Å². The van der Waals surface area contributed by atoms with E-state index >= 15 is 0 Å².